The third kappa shape index (κ3) is 3.75. The molecule has 5 rings (SSSR count). The van der Waals surface area contributed by atoms with E-state index in [1.807, 2.05) is 30.3 Å². The van der Waals surface area contributed by atoms with Crippen LogP contribution in [0.2, 0.25) is 0 Å². The van der Waals surface area contributed by atoms with Crippen LogP contribution in [0, 0.1) is 5.21 Å². The van der Waals surface area contributed by atoms with E-state index in [1.54, 1.807) is 47.4 Å². The van der Waals surface area contributed by atoms with Crippen LogP contribution in [-0.2, 0) is 6.42 Å². The first-order chi connectivity index (χ1) is 16.6. The van der Waals surface area contributed by atoms with Crippen LogP contribution in [0.15, 0.2) is 67.1 Å². The topological polar surface area (TPSA) is 106 Å². The molecule has 4 heterocycles. The molecule has 9 heteroatoms. The Morgan fingerprint density at radius 3 is 2.82 bits per heavy atom. The fraction of sp³-hybridized carbons (Fsp3) is 0.200. The lowest BCUT2D eigenvalue weighted by molar-refractivity contribution is -0.577. The molecule has 1 aromatic carbocycles. The summed E-state index contributed by atoms with van der Waals surface area (Å²) in [6, 6.07) is 14.3. The van der Waals surface area contributed by atoms with Crippen LogP contribution in [0.3, 0.4) is 0 Å². The number of aliphatic hydroxyl groups excluding tert-OH is 1. The first kappa shape index (κ1) is 21.6. The van der Waals surface area contributed by atoms with Crippen molar-refractivity contribution in [2.45, 2.75) is 6.42 Å². The molecule has 172 valence electrons. The number of carbonyl (C=O) groups excluding carboxylic acids is 1. The van der Waals surface area contributed by atoms with Crippen LogP contribution in [0.25, 0.3) is 10.9 Å². The minimum atomic E-state index is -0.200. The molecule has 0 atom stereocenters. The quantitative estimate of drug-likeness (QED) is 0.350. The number of benzene rings is 1. The van der Waals surface area contributed by atoms with E-state index >= 15 is 0 Å². The van der Waals surface area contributed by atoms with Crippen molar-refractivity contribution in [3.63, 3.8) is 0 Å². The number of amides is 1. The SMILES string of the molecule is CN1C(=O)c2cc(CCOc3cc[n+]([O-])c4ccccc34)cnc2N(CCO)c2ncccc21. The molecule has 0 saturated carbocycles. The van der Waals surface area contributed by atoms with Crippen molar-refractivity contribution in [2.75, 3.05) is 36.6 Å². The maximum atomic E-state index is 13.3. The average molecular weight is 457 g/mol. The number of anilines is 3. The molecule has 0 radical (unpaired) electrons. The van der Waals surface area contributed by atoms with Crippen molar-refractivity contribution in [2.24, 2.45) is 0 Å². The second kappa shape index (κ2) is 8.95. The van der Waals surface area contributed by atoms with Gasteiger partial charge in [-0.25, -0.2) is 9.97 Å². The molecule has 0 aliphatic carbocycles. The van der Waals surface area contributed by atoms with Gasteiger partial charge in [0.15, 0.2) is 12.0 Å². The van der Waals surface area contributed by atoms with E-state index in [4.69, 9.17) is 4.74 Å². The van der Waals surface area contributed by atoms with E-state index in [2.05, 4.69) is 9.97 Å². The molecular weight excluding hydrogens is 434 g/mol. The number of β-amino-alcohol motifs (C(OH)–C–C–N with tert-alkyl or cyclic N) is 1. The van der Waals surface area contributed by atoms with Gasteiger partial charge in [0, 0.05) is 44.5 Å². The fourth-order valence-electron chi connectivity index (χ4n) is 4.15. The zero-order valence-electron chi connectivity index (χ0n) is 18.6. The number of aromatic nitrogens is 3. The Labute approximate surface area is 196 Å². The summed E-state index contributed by atoms with van der Waals surface area (Å²) in [5.41, 5.74) is 2.46. The zero-order valence-corrected chi connectivity index (χ0v) is 18.6. The molecule has 9 nitrogen and oxygen atoms in total. The Bertz CT molecular complexity index is 1380. The number of carbonyl (C=O) groups is 1. The summed E-state index contributed by atoms with van der Waals surface area (Å²) in [5, 5.41) is 22.4. The standard InChI is InChI=1S/C25H23N5O4/c1-28-21-7-4-10-26-24(21)29(12-13-31)23-19(25(28)32)15-17(16-27-23)9-14-34-22-8-11-30(33)20-6-3-2-5-18(20)22/h2-8,10-11,15-16,31H,9,12-14H2,1H3. The molecule has 3 aromatic heterocycles. The van der Waals surface area contributed by atoms with Gasteiger partial charge in [0.25, 0.3) is 5.91 Å². The largest absolute Gasteiger partial charge is 0.618 e. The summed E-state index contributed by atoms with van der Waals surface area (Å²) in [7, 11) is 1.70. The minimum absolute atomic E-state index is 0.112. The summed E-state index contributed by atoms with van der Waals surface area (Å²) in [6.45, 7) is 0.493. The predicted molar refractivity (Wildman–Crippen MR) is 127 cm³/mol. The number of ether oxygens (including phenoxy) is 1. The Hall–Kier alpha value is -4.24. The molecule has 4 aromatic rings. The first-order valence-electron chi connectivity index (χ1n) is 10.9. The average Bonchev–Trinajstić information content (AvgIpc) is 2.95. The predicted octanol–water partition coefficient (Wildman–Crippen LogP) is 2.61. The van der Waals surface area contributed by atoms with E-state index in [9.17, 15) is 15.1 Å². The Kier molecular flexibility index (Phi) is 5.69. The number of fused-ring (bicyclic) bond motifs is 3. The van der Waals surface area contributed by atoms with Gasteiger partial charge < -0.3 is 24.9 Å². The van der Waals surface area contributed by atoms with Crippen molar-refractivity contribution < 1.29 is 19.4 Å². The number of rotatable bonds is 6. The van der Waals surface area contributed by atoms with E-state index in [1.165, 1.54) is 6.20 Å². The highest BCUT2D eigenvalue weighted by Gasteiger charge is 2.31. The molecule has 1 aliphatic rings. The van der Waals surface area contributed by atoms with Gasteiger partial charge >= 0.3 is 0 Å². The molecule has 0 fully saturated rings. The van der Waals surface area contributed by atoms with E-state index in [0.717, 1.165) is 15.7 Å². The Balaban J connectivity index is 1.41. The monoisotopic (exact) mass is 457 g/mol. The van der Waals surface area contributed by atoms with Gasteiger partial charge in [-0.2, -0.15) is 4.73 Å². The number of hydrogen-bond donors (Lipinski definition) is 1. The Morgan fingerprint density at radius 1 is 1.12 bits per heavy atom. The summed E-state index contributed by atoms with van der Waals surface area (Å²) in [5.74, 6) is 1.45. The molecular formula is C25H23N5O4. The molecule has 1 amide bonds. The van der Waals surface area contributed by atoms with Gasteiger partial charge in [0.2, 0.25) is 5.52 Å². The van der Waals surface area contributed by atoms with Crippen LogP contribution < -0.4 is 19.3 Å². The van der Waals surface area contributed by atoms with E-state index in [-0.39, 0.29) is 19.1 Å². The van der Waals surface area contributed by atoms with Gasteiger partial charge in [0.1, 0.15) is 11.6 Å². The van der Waals surface area contributed by atoms with Crippen LogP contribution in [-0.4, -0.2) is 47.8 Å². The lowest BCUT2D eigenvalue weighted by Crippen LogP contribution is -2.26. The highest BCUT2D eigenvalue weighted by molar-refractivity contribution is 6.12. The third-order valence-corrected chi connectivity index (χ3v) is 5.84. The summed E-state index contributed by atoms with van der Waals surface area (Å²) in [6.07, 6.45) is 5.31. The van der Waals surface area contributed by atoms with Gasteiger partial charge in [0.05, 0.1) is 29.9 Å². The number of nitrogens with zero attached hydrogens (tertiary/aromatic N) is 5. The molecule has 1 aliphatic heterocycles. The molecule has 1 N–H and O–H groups in total. The molecule has 0 spiro atoms. The second-order valence-corrected chi connectivity index (χ2v) is 7.92. The van der Waals surface area contributed by atoms with Crippen molar-refractivity contribution in [1.29, 1.82) is 0 Å². The van der Waals surface area contributed by atoms with Crippen molar-refractivity contribution in [3.8, 4) is 5.75 Å². The van der Waals surface area contributed by atoms with Gasteiger partial charge in [-0.15, -0.1) is 0 Å². The fourth-order valence-corrected chi connectivity index (χ4v) is 4.15. The van der Waals surface area contributed by atoms with E-state index in [0.29, 0.717) is 47.2 Å². The highest BCUT2D eigenvalue weighted by atomic mass is 16.5. The summed E-state index contributed by atoms with van der Waals surface area (Å²) < 4.78 is 6.79. The van der Waals surface area contributed by atoms with Crippen molar-refractivity contribution in [1.82, 2.24) is 9.97 Å². The van der Waals surface area contributed by atoms with Gasteiger partial charge in [-0.3, -0.25) is 4.79 Å². The van der Waals surface area contributed by atoms with E-state index < -0.39 is 0 Å². The van der Waals surface area contributed by atoms with Crippen LogP contribution in [0.4, 0.5) is 17.3 Å². The molecule has 0 saturated heterocycles. The summed E-state index contributed by atoms with van der Waals surface area (Å²) >= 11 is 0. The van der Waals surface area contributed by atoms with Crippen LogP contribution in [0.5, 0.6) is 5.75 Å². The lowest BCUT2D eigenvalue weighted by Gasteiger charge is -2.23. The number of hydrogen-bond acceptors (Lipinski definition) is 7. The normalized spacial score (nSPS) is 12.9. The minimum Gasteiger partial charge on any atom is -0.618 e. The smallest absolute Gasteiger partial charge is 0.261 e. The van der Waals surface area contributed by atoms with Crippen LogP contribution >= 0.6 is 0 Å². The second-order valence-electron chi connectivity index (χ2n) is 7.92. The maximum absolute atomic E-state index is 13.3. The van der Waals surface area contributed by atoms with Gasteiger partial charge in [-0.05, 0) is 29.8 Å². The molecule has 34 heavy (non-hydrogen) atoms. The van der Waals surface area contributed by atoms with Crippen molar-refractivity contribution in [3.05, 3.63) is 83.5 Å². The molecule has 0 bridgehead atoms. The zero-order chi connectivity index (χ0) is 23.7. The van der Waals surface area contributed by atoms with Crippen LogP contribution in [0.1, 0.15) is 15.9 Å². The highest BCUT2D eigenvalue weighted by Crippen LogP contribution is 2.37. The number of pyridine rings is 3. The molecule has 0 unspecified atom stereocenters. The van der Waals surface area contributed by atoms with Gasteiger partial charge in [-0.1, -0.05) is 12.1 Å². The first-order valence-corrected chi connectivity index (χ1v) is 10.9. The lowest BCUT2D eigenvalue weighted by atomic mass is 10.1. The Morgan fingerprint density at radius 2 is 1.97 bits per heavy atom. The number of aliphatic hydroxyl groups is 1. The third-order valence-electron chi connectivity index (χ3n) is 5.84. The summed E-state index contributed by atoms with van der Waals surface area (Å²) in [4.78, 5) is 25.6. The van der Waals surface area contributed by atoms with Crippen molar-refractivity contribution >= 4 is 34.1 Å². The number of para-hydroxylation sites is 1. The maximum Gasteiger partial charge on any atom is 0.261 e.